The van der Waals surface area contributed by atoms with E-state index < -0.39 is 5.25 Å². The van der Waals surface area contributed by atoms with E-state index in [9.17, 15) is 9.18 Å². The van der Waals surface area contributed by atoms with Crippen molar-refractivity contribution in [2.45, 2.75) is 37.3 Å². The Hall–Kier alpha value is -2.67. The van der Waals surface area contributed by atoms with Crippen molar-refractivity contribution in [1.82, 2.24) is 15.5 Å². The van der Waals surface area contributed by atoms with Crippen LogP contribution in [0.4, 0.5) is 4.39 Å². The largest absolute Gasteiger partial charge is 0.411 e. The Labute approximate surface area is 161 Å². The van der Waals surface area contributed by atoms with Crippen molar-refractivity contribution >= 4 is 17.7 Å². The van der Waals surface area contributed by atoms with Crippen LogP contribution in [0, 0.1) is 12.7 Å². The number of hydrogen-bond acceptors (Lipinski definition) is 5. The molecule has 0 spiro atoms. The van der Waals surface area contributed by atoms with E-state index in [0.717, 1.165) is 16.7 Å². The number of aryl methyl sites for hydroxylation is 1. The second-order valence-corrected chi connectivity index (χ2v) is 7.52. The van der Waals surface area contributed by atoms with Crippen molar-refractivity contribution in [1.29, 1.82) is 0 Å². The van der Waals surface area contributed by atoms with Gasteiger partial charge in [-0.3, -0.25) is 4.79 Å². The van der Waals surface area contributed by atoms with E-state index in [1.807, 2.05) is 38.1 Å². The minimum atomic E-state index is -0.418. The van der Waals surface area contributed by atoms with Gasteiger partial charge in [0.15, 0.2) is 0 Å². The molecule has 0 aliphatic heterocycles. The number of hydrogen-bond donors (Lipinski definition) is 1. The lowest BCUT2D eigenvalue weighted by molar-refractivity contribution is -0.120. The maximum Gasteiger partial charge on any atom is 0.277 e. The van der Waals surface area contributed by atoms with Gasteiger partial charge in [-0.05, 0) is 50.1 Å². The molecule has 0 radical (unpaired) electrons. The van der Waals surface area contributed by atoms with Gasteiger partial charge in [-0.25, -0.2) is 4.39 Å². The van der Waals surface area contributed by atoms with Crippen molar-refractivity contribution in [3.05, 3.63) is 65.5 Å². The minimum Gasteiger partial charge on any atom is -0.411 e. The van der Waals surface area contributed by atoms with Crippen LogP contribution in [0.1, 0.15) is 31.0 Å². The topological polar surface area (TPSA) is 68.0 Å². The first kappa shape index (κ1) is 19.1. The van der Waals surface area contributed by atoms with Gasteiger partial charge >= 0.3 is 0 Å². The van der Waals surface area contributed by atoms with Gasteiger partial charge < -0.3 is 9.73 Å². The van der Waals surface area contributed by atoms with Crippen molar-refractivity contribution < 1.29 is 13.6 Å². The SMILES string of the molecule is Cc1ccccc1-c1nnc(S[C@@H](C)C(=O)N[C@@H](C)c2ccc(F)cc2)o1. The summed E-state index contributed by atoms with van der Waals surface area (Å²) in [7, 11) is 0. The zero-order valence-electron chi connectivity index (χ0n) is 15.3. The first-order chi connectivity index (χ1) is 12.9. The number of nitrogens with one attached hydrogen (secondary N) is 1. The van der Waals surface area contributed by atoms with Crippen LogP contribution in [0.2, 0.25) is 0 Å². The number of amides is 1. The van der Waals surface area contributed by atoms with Gasteiger partial charge in [-0.1, -0.05) is 42.1 Å². The first-order valence-corrected chi connectivity index (χ1v) is 9.44. The monoisotopic (exact) mass is 385 g/mol. The highest BCUT2D eigenvalue weighted by atomic mass is 32.2. The molecule has 1 aromatic heterocycles. The summed E-state index contributed by atoms with van der Waals surface area (Å²) >= 11 is 1.20. The molecule has 0 bridgehead atoms. The smallest absolute Gasteiger partial charge is 0.277 e. The molecular weight excluding hydrogens is 365 g/mol. The quantitative estimate of drug-likeness (QED) is 0.631. The Morgan fingerprint density at radius 1 is 1.11 bits per heavy atom. The van der Waals surface area contributed by atoms with Gasteiger partial charge in [-0.2, -0.15) is 0 Å². The number of halogens is 1. The van der Waals surface area contributed by atoms with E-state index in [0.29, 0.717) is 11.1 Å². The fraction of sp³-hybridized carbons (Fsp3) is 0.250. The van der Waals surface area contributed by atoms with E-state index >= 15 is 0 Å². The third kappa shape index (κ3) is 4.74. The molecular formula is C20H20FN3O2S. The Kier molecular flexibility index (Phi) is 5.91. The minimum absolute atomic E-state index is 0.160. The van der Waals surface area contributed by atoms with Crippen LogP contribution in [0.3, 0.4) is 0 Å². The number of thioether (sulfide) groups is 1. The van der Waals surface area contributed by atoms with E-state index in [-0.39, 0.29) is 17.8 Å². The van der Waals surface area contributed by atoms with Crippen LogP contribution in [0.25, 0.3) is 11.5 Å². The maximum absolute atomic E-state index is 13.0. The fourth-order valence-electron chi connectivity index (χ4n) is 2.55. The number of benzene rings is 2. The van der Waals surface area contributed by atoms with Gasteiger partial charge in [-0.15, -0.1) is 10.2 Å². The second-order valence-electron chi connectivity index (χ2n) is 6.23. The summed E-state index contributed by atoms with van der Waals surface area (Å²) in [5.41, 5.74) is 2.75. The number of rotatable bonds is 6. The summed E-state index contributed by atoms with van der Waals surface area (Å²) in [6, 6.07) is 13.6. The lowest BCUT2D eigenvalue weighted by atomic mass is 10.1. The maximum atomic E-state index is 13.0. The molecule has 7 heteroatoms. The van der Waals surface area contributed by atoms with Crippen LogP contribution >= 0.6 is 11.8 Å². The third-order valence-corrected chi connectivity index (χ3v) is 5.09. The molecule has 0 unspecified atom stereocenters. The summed E-state index contributed by atoms with van der Waals surface area (Å²) in [6.07, 6.45) is 0. The fourth-order valence-corrected chi connectivity index (χ4v) is 3.24. The van der Waals surface area contributed by atoms with Crippen LogP contribution in [-0.2, 0) is 4.79 Å². The molecule has 1 amide bonds. The zero-order chi connectivity index (χ0) is 19.4. The van der Waals surface area contributed by atoms with E-state index in [2.05, 4.69) is 15.5 Å². The van der Waals surface area contributed by atoms with Gasteiger partial charge in [0.1, 0.15) is 5.82 Å². The molecule has 1 heterocycles. The van der Waals surface area contributed by atoms with Gasteiger partial charge in [0.2, 0.25) is 11.8 Å². The molecule has 5 nitrogen and oxygen atoms in total. The average Bonchev–Trinajstić information content (AvgIpc) is 3.10. The Balaban J connectivity index is 1.61. The third-order valence-electron chi connectivity index (χ3n) is 4.16. The summed E-state index contributed by atoms with van der Waals surface area (Å²) in [5, 5.41) is 10.9. The Bertz CT molecular complexity index is 927. The highest BCUT2D eigenvalue weighted by Crippen LogP contribution is 2.28. The summed E-state index contributed by atoms with van der Waals surface area (Å²) in [4.78, 5) is 12.4. The molecule has 2 aromatic carbocycles. The molecule has 27 heavy (non-hydrogen) atoms. The molecule has 1 N–H and O–H groups in total. The molecule has 0 saturated carbocycles. The van der Waals surface area contributed by atoms with Gasteiger partial charge in [0.05, 0.1) is 11.3 Å². The summed E-state index contributed by atoms with van der Waals surface area (Å²) < 4.78 is 18.7. The molecule has 0 aliphatic carbocycles. The number of carbonyl (C=O) groups excluding carboxylic acids is 1. The van der Waals surface area contributed by atoms with E-state index in [4.69, 9.17) is 4.42 Å². The Morgan fingerprint density at radius 3 is 2.52 bits per heavy atom. The number of carbonyl (C=O) groups is 1. The van der Waals surface area contributed by atoms with Crippen LogP contribution < -0.4 is 5.32 Å². The number of aromatic nitrogens is 2. The number of nitrogens with zero attached hydrogens (tertiary/aromatic N) is 2. The predicted molar refractivity (Wildman–Crippen MR) is 103 cm³/mol. The second kappa shape index (κ2) is 8.35. The molecule has 0 fully saturated rings. The lowest BCUT2D eigenvalue weighted by Crippen LogP contribution is -2.33. The van der Waals surface area contributed by atoms with Gasteiger partial charge in [0, 0.05) is 5.56 Å². The van der Waals surface area contributed by atoms with Crippen molar-refractivity contribution in [2.75, 3.05) is 0 Å². The van der Waals surface area contributed by atoms with Crippen LogP contribution in [0.15, 0.2) is 58.2 Å². The normalized spacial score (nSPS) is 13.2. The van der Waals surface area contributed by atoms with E-state index in [1.54, 1.807) is 19.1 Å². The molecule has 3 aromatic rings. The molecule has 3 rings (SSSR count). The first-order valence-electron chi connectivity index (χ1n) is 8.56. The highest BCUT2D eigenvalue weighted by molar-refractivity contribution is 8.00. The van der Waals surface area contributed by atoms with Gasteiger partial charge in [0.25, 0.3) is 5.22 Å². The van der Waals surface area contributed by atoms with Crippen LogP contribution in [-0.4, -0.2) is 21.4 Å². The summed E-state index contributed by atoms with van der Waals surface area (Å²) in [5.74, 6) is -0.0302. The molecule has 0 aliphatic rings. The van der Waals surface area contributed by atoms with Crippen LogP contribution in [0.5, 0.6) is 0 Å². The standard InChI is InChI=1S/C20H20FN3O2S/c1-12-6-4-5-7-17(12)19-23-24-20(26-19)27-14(3)18(25)22-13(2)15-8-10-16(21)11-9-15/h4-11,13-14H,1-3H3,(H,22,25)/t13-,14-/m0/s1. The molecule has 0 saturated heterocycles. The lowest BCUT2D eigenvalue weighted by Gasteiger charge is -2.16. The predicted octanol–water partition coefficient (Wildman–Crippen LogP) is 4.54. The molecule has 140 valence electrons. The van der Waals surface area contributed by atoms with Crippen molar-refractivity contribution in [3.8, 4) is 11.5 Å². The average molecular weight is 385 g/mol. The van der Waals surface area contributed by atoms with Crippen molar-refractivity contribution in [2.24, 2.45) is 0 Å². The molecule has 2 atom stereocenters. The highest BCUT2D eigenvalue weighted by Gasteiger charge is 2.21. The Morgan fingerprint density at radius 2 is 1.81 bits per heavy atom. The van der Waals surface area contributed by atoms with Crippen molar-refractivity contribution in [3.63, 3.8) is 0 Å². The zero-order valence-corrected chi connectivity index (χ0v) is 16.1. The van der Waals surface area contributed by atoms with E-state index in [1.165, 1.54) is 23.9 Å². The summed E-state index contributed by atoms with van der Waals surface area (Å²) in [6.45, 7) is 5.60.